The van der Waals surface area contributed by atoms with Gasteiger partial charge in [-0.05, 0) is 48.4 Å². The van der Waals surface area contributed by atoms with Gasteiger partial charge in [-0.25, -0.2) is 5.43 Å². The van der Waals surface area contributed by atoms with Crippen LogP contribution in [0.5, 0.6) is 11.5 Å². The normalized spacial score (nSPS) is 10.6. The van der Waals surface area contributed by atoms with Crippen LogP contribution in [0.15, 0.2) is 84.0 Å². The topological polar surface area (TPSA) is 89.0 Å². The molecule has 0 saturated carbocycles. The summed E-state index contributed by atoms with van der Waals surface area (Å²) in [5.41, 5.74) is 4.63. The molecule has 0 bridgehead atoms. The fourth-order valence-electron chi connectivity index (χ4n) is 2.85. The minimum absolute atomic E-state index is 0.198. The van der Waals surface area contributed by atoms with Crippen LogP contribution in [0.4, 0.5) is 0 Å². The number of carbonyl (C=O) groups is 2. The molecule has 2 N–H and O–H groups in total. The first kappa shape index (κ1) is 23.5. The van der Waals surface area contributed by atoms with Gasteiger partial charge in [0.15, 0.2) is 0 Å². The highest BCUT2D eigenvalue weighted by Gasteiger charge is 2.08. The molecule has 0 aliphatic heterocycles. The zero-order valence-corrected chi connectivity index (χ0v) is 18.5. The molecule has 0 aliphatic rings. The van der Waals surface area contributed by atoms with Gasteiger partial charge in [0.2, 0.25) is 0 Å². The Hall–Kier alpha value is -4.13. The highest BCUT2D eigenvalue weighted by molar-refractivity contribution is 5.96. The van der Waals surface area contributed by atoms with E-state index in [1.165, 1.54) is 6.21 Å². The number of rotatable bonds is 11. The SMILES string of the molecule is CCCOc1ccc(C(=O)NCC(=O)N/N=C/c2ccccc2OCc2ccccc2)cc1. The van der Waals surface area contributed by atoms with Crippen molar-refractivity contribution in [2.75, 3.05) is 13.2 Å². The minimum atomic E-state index is -0.440. The quantitative estimate of drug-likeness (QED) is 0.346. The number of para-hydroxylation sites is 1. The summed E-state index contributed by atoms with van der Waals surface area (Å²) in [6.45, 7) is 2.87. The van der Waals surface area contributed by atoms with Gasteiger partial charge in [-0.3, -0.25) is 9.59 Å². The van der Waals surface area contributed by atoms with Crippen LogP contribution in [0.3, 0.4) is 0 Å². The van der Waals surface area contributed by atoms with Crippen molar-refractivity contribution >= 4 is 18.0 Å². The zero-order chi connectivity index (χ0) is 23.3. The van der Waals surface area contributed by atoms with Crippen molar-refractivity contribution in [3.63, 3.8) is 0 Å². The molecule has 0 saturated heterocycles. The summed E-state index contributed by atoms with van der Waals surface area (Å²) in [5.74, 6) is 0.563. The molecule has 0 aromatic heterocycles. The largest absolute Gasteiger partial charge is 0.494 e. The highest BCUT2D eigenvalue weighted by Crippen LogP contribution is 2.17. The lowest BCUT2D eigenvalue weighted by atomic mass is 10.2. The van der Waals surface area contributed by atoms with Gasteiger partial charge >= 0.3 is 0 Å². The summed E-state index contributed by atoms with van der Waals surface area (Å²) in [6, 6.07) is 24.0. The molecule has 3 aromatic carbocycles. The molecule has 0 aliphatic carbocycles. The van der Waals surface area contributed by atoms with E-state index >= 15 is 0 Å². The maximum absolute atomic E-state index is 12.2. The Morgan fingerprint density at radius 1 is 0.909 bits per heavy atom. The number of hydrazone groups is 1. The number of ether oxygens (including phenoxy) is 2. The molecule has 3 aromatic rings. The van der Waals surface area contributed by atoms with E-state index in [0.717, 1.165) is 17.5 Å². The maximum Gasteiger partial charge on any atom is 0.259 e. The van der Waals surface area contributed by atoms with Gasteiger partial charge in [-0.15, -0.1) is 0 Å². The Morgan fingerprint density at radius 2 is 1.64 bits per heavy atom. The molecular weight excluding hydrogens is 418 g/mol. The lowest BCUT2D eigenvalue weighted by molar-refractivity contribution is -0.120. The second-order valence-corrected chi connectivity index (χ2v) is 7.16. The molecule has 0 heterocycles. The average molecular weight is 446 g/mol. The fourth-order valence-corrected chi connectivity index (χ4v) is 2.85. The lowest BCUT2D eigenvalue weighted by Crippen LogP contribution is -2.34. The standard InChI is InChI=1S/C26H27N3O4/c1-2-16-32-23-14-12-21(13-15-23)26(31)27-18-25(30)29-28-17-22-10-6-7-11-24(22)33-19-20-8-4-3-5-9-20/h3-15,17H,2,16,18-19H2,1H3,(H,27,31)(H,29,30)/b28-17+. The third-order valence-electron chi connectivity index (χ3n) is 4.55. The van der Waals surface area contributed by atoms with Crippen molar-refractivity contribution in [2.45, 2.75) is 20.0 Å². The van der Waals surface area contributed by atoms with Gasteiger partial charge in [0.25, 0.3) is 11.8 Å². The molecule has 0 unspecified atom stereocenters. The van der Waals surface area contributed by atoms with E-state index in [2.05, 4.69) is 15.8 Å². The van der Waals surface area contributed by atoms with Gasteiger partial charge in [-0.2, -0.15) is 5.10 Å². The molecule has 0 spiro atoms. The van der Waals surface area contributed by atoms with Crippen LogP contribution in [0.1, 0.15) is 34.8 Å². The Labute approximate surface area is 193 Å². The number of amides is 2. The third kappa shape index (κ3) is 7.81. The van der Waals surface area contributed by atoms with Crippen molar-refractivity contribution in [2.24, 2.45) is 5.10 Å². The van der Waals surface area contributed by atoms with Crippen LogP contribution in [0.2, 0.25) is 0 Å². The third-order valence-corrected chi connectivity index (χ3v) is 4.55. The first-order valence-corrected chi connectivity index (χ1v) is 10.7. The van der Waals surface area contributed by atoms with Crippen LogP contribution in [0.25, 0.3) is 0 Å². The van der Waals surface area contributed by atoms with Gasteiger partial charge in [0.1, 0.15) is 18.1 Å². The molecule has 170 valence electrons. The van der Waals surface area contributed by atoms with Gasteiger partial charge < -0.3 is 14.8 Å². The van der Waals surface area contributed by atoms with Crippen LogP contribution >= 0.6 is 0 Å². The van der Waals surface area contributed by atoms with Crippen molar-refractivity contribution in [1.82, 2.24) is 10.7 Å². The summed E-state index contributed by atoms with van der Waals surface area (Å²) in [6.07, 6.45) is 2.42. The van der Waals surface area contributed by atoms with E-state index in [4.69, 9.17) is 9.47 Å². The molecule has 0 atom stereocenters. The van der Waals surface area contributed by atoms with Crippen LogP contribution in [0, 0.1) is 0 Å². The summed E-state index contributed by atoms with van der Waals surface area (Å²) >= 11 is 0. The first-order valence-electron chi connectivity index (χ1n) is 10.7. The number of hydrogen-bond acceptors (Lipinski definition) is 5. The van der Waals surface area contributed by atoms with E-state index in [1.807, 2.05) is 61.5 Å². The monoisotopic (exact) mass is 445 g/mol. The Bertz CT molecular complexity index is 1070. The van der Waals surface area contributed by atoms with Crippen LogP contribution in [-0.2, 0) is 11.4 Å². The molecular formula is C26H27N3O4. The Kier molecular flexibility index (Phi) is 9.03. The van der Waals surface area contributed by atoms with Crippen molar-refractivity contribution < 1.29 is 19.1 Å². The van der Waals surface area contributed by atoms with E-state index in [0.29, 0.717) is 30.3 Å². The van der Waals surface area contributed by atoms with E-state index in [1.54, 1.807) is 24.3 Å². The lowest BCUT2D eigenvalue weighted by Gasteiger charge is -2.09. The molecule has 0 radical (unpaired) electrons. The molecule has 7 nitrogen and oxygen atoms in total. The predicted octanol–water partition coefficient (Wildman–Crippen LogP) is 3.93. The van der Waals surface area contributed by atoms with Gasteiger partial charge in [0.05, 0.1) is 19.4 Å². The highest BCUT2D eigenvalue weighted by atomic mass is 16.5. The predicted molar refractivity (Wildman–Crippen MR) is 128 cm³/mol. The number of carbonyl (C=O) groups excluding carboxylic acids is 2. The minimum Gasteiger partial charge on any atom is -0.494 e. The maximum atomic E-state index is 12.2. The van der Waals surface area contributed by atoms with Crippen molar-refractivity contribution in [1.29, 1.82) is 0 Å². The summed E-state index contributed by atoms with van der Waals surface area (Å²) in [7, 11) is 0. The Balaban J connectivity index is 1.46. The number of hydrogen-bond donors (Lipinski definition) is 2. The number of nitrogens with zero attached hydrogens (tertiary/aromatic N) is 1. The zero-order valence-electron chi connectivity index (χ0n) is 18.5. The van der Waals surface area contributed by atoms with Crippen molar-refractivity contribution in [3.8, 4) is 11.5 Å². The molecule has 2 amide bonds. The van der Waals surface area contributed by atoms with E-state index in [-0.39, 0.29) is 12.5 Å². The van der Waals surface area contributed by atoms with Crippen LogP contribution in [-0.4, -0.2) is 31.2 Å². The molecule has 0 fully saturated rings. The van der Waals surface area contributed by atoms with Gasteiger partial charge in [-0.1, -0.05) is 49.4 Å². The summed E-state index contributed by atoms with van der Waals surface area (Å²) < 4.78 is 11.4. The van der Waals surface area contributed by atoms with Gasteiger partial charge in [0, 0.05) is 11.1 Å². The average Bonchev–Trinajstić information content (AvgIpc) is 2.86. The summed E-state index contributed by atoms with van der Waals surface area (Å²) in [4.78, 5) is 24.3. The fraction of sp³-hybridized carbons (Fsp3) is 0.192. The van der Waals surface area contributed by atoms with Crippen molar-refractivity contribution in [3.05, 3.63) is 95.6 Å². The second-order valence-electron chi connectivity index (χ2n) is 7.16. The molecule has 7 heteroatoms. The molecule has 33 heavy (non-hydrogen) atoms. The first-order chi connectivity index (χ1) is 16.2. The Morgan fingerprint density at radius 3 is 2.39 bits per heavy atom. The van der Waals surface area contributed by atoms with Crippen LogP contribution < -0.4 is 20.2 Å². The summed E-state index contributed by atoms with van der Waals surface area (Å²) in [5, 5.41) is 6.55. The van der Waals surface area contributed by atoms with E-state index < -0.39 is 5.91 Å². The number of benzene rings is 3. The smallest absolute Gasteiger partial charge is 0.259 e. The second kappa shape index (κ2) is 12.7. The molecule has 3 rings (SSSR count). The van der Waals surface area contributed by atoms with E-state index in [9.17, 15) is 9.59 Å². The number of nitrogens with one attached hydrogen (secondary N) is 2.